The predicted molar refractivity (Wildman–Crippen MR) is 63.1 cm³/mol. The van der Waals surface area contributed by atoms with Gasteiger partial charge in [-0.3, -0.25) is 4.79 Å². The Kier molecular flexibility index (Phi) is 3.97. The fourth-order valence-corrected chi connectivity index (χ4v) is 1.59. The largest absolute Gasteiger partial charge is 0.368 e. The zero-order chi connectivity index (χ0) is 11.4. The maximum Gasteiger partial charge on any atom is 0.239 e. The van der Waals surface area contributed by atoms with Crippen LogP contribution in [0.4, 0.5) is 5.69 Å². The van der Waals surface area contributed by atoms with Gasteiger partial charge in [-0.15, -0.1) is 0 Å². The molecule has 0 bridgehead atoms. The Balaban J connectivity index is 2.92. The van der Waals surface area contributed by atoms with E-state index >= 15 is 0 Å². The van der Waals surface area contributed by atoms with Gasteiger partial charge in [-0.2, -0.15) is 0 Å². The van der Waals surface area contributed by atoms with Crippen LogP contribution in [0.15, 0.2) is 24.3 Å². The minimum Gasteiger partial charge on any atom is -0.368 e. The van der Waals surface area contributed by atoms with E-state index in [2.05, 4.69) is 0 Å². The number of rotatable bonds is 4. The van der Waals surface area contributed by atoms with Gasteiger partial charge in [0.05, 0.1) is 0 Å². The molecule has 0 unspecified atom stereocenters. The standard InChI is InChI=1S/C11H15ClN2O/c1-3-14(8(2)11(13)15)10-6-4-9(12)5-7-10/h4-8H,3H2,1-2H3,(H2,13,15)/t8-/m0/s1. The van der Waals surface area contributed by atoms with Crippen LogP contribution in [0.1, 0.15) is 13.8 Å². The molecule has 1 atom stereocenters. The molecule has 0 aromatic heterocycles. The summed E-state index contributed by atoms with van der Waals surface area (Å²) in [5.41, 5.74) is 6.23. The van der Waals surface area contributed by atoms with E-state index < -0.39 is 0 Å². The van der Waals surface area contributed by atoms with Crippen molar-refractivity contribution in [1.82, 2.24) is 0 Å². The highest BCUT2D eigenvalue weighted by Crippen LogP contribution is 2.19. The molecule has 1 aromatic rings. The summed E-state index contributed by atoms with van der Waals surface area (Å²) >= 11 is 5.79. The number of amides is 1. The number of halogens is 1. The Hall–Kier alpha value is -1.22. The number of carbonyl (C=O) groups is 1. The quantitative estimate of drug-likeness (QED) is 0.854. The van der Waals surface area contributed by atoms with E-state index in [1.54, 1.807) is 19.1 Å². The number of hydrogen-bond acceptors (Lipinski definition) is 2. The van der Waals surface area contributed by atoms with Crippen molar-refractivity contribution < 1.29 is 4.79 Å². The van der Waals surface area contributed by atoms with Crippen molar-refractivity contribution >= 4 is 23.2 Å². The van der Waals surface area contributed by atoms with Crippen molar-refractivity contribution in [2.24, 2.45) is 5.73 Å². The van der Waals surface area contributed by atoms with Crippen molar-refractivity contribution in [2.45, 2.75) is 19.9 Å². The van der Waals surface area contributed by atoms with Crippen LogP contribution in [-0.2, 0) is 4.79 Å². The van der Waals surface area contributed by atoms with E-state index in [-0.39, 0.29) is 11.9 Å². The molecule has 1 aromatic carbocycles. The van der Waals surface area contributed by atoms with Gasteiger partial charge in [-0.1, -0.05) is 11.6 Å². The molecule has 0 radical (unpaired) electrons. The van der Waals surface area contributed by atoms with Gasteiger partial charge < -0.3 is 10.6 Å². The van der Waals surface area contributed by atoms with E-state index in [4.69, 9.17) is 17.3 Å². The van der Waals surface area contributed by atoms with Crippen molar-refractivity contribution in [3.63, 3.8) is 0 Å². The molecule has 15 heavy (non-hydrogen) atoms. The van der Waals surface area contributed by atoms with Gasteiger partial charge in [-0.05, 0) is 38.1 Å². The number of anilines is 1. The highest BCUT2D eigenvalue weighted by Gasteiger charge is 2.17. The molecule has 0 saturated heterocycles. The second kappa shape index (κ2) is 5.03. The average Bonchev–Trinajstić information content (AvgIpc) is 2.21. The van der Waals surface area contributed by atoms with E-state index in [1.165, 1.54) is 0 Å². The Morgan fingerprint density at radius 1 is 1.47 bits per heavy atom. The minimum absolute atomic E-state index is 0.309. The minimum atomic E-state index is -0.327. The van der Waals surface area contributed by atoms with Gasteiger partial charge in [0.1, 0.15) is 6.04 Å². The molecule has 3 nitrogen and oxygen atoms in total. The fourth-order valence-electron chi connectivity index (χ4n) is 1.47. The Labute approximate surface area is 94.8 Å². The molecule has 2 N–H and O–H groups in total. The van der Waals surface area contributed by atoms with Crippen LogP contribution in [0.3, 0.4) is 0 Å². The summed E-state index contributed by atoms with van der Waals surface area (Å²) in [4.78, 5) is 13.0. The van der Waals surface area contributed by atoms with E-state index in [1.807, 2.05) is 24.0 Å². The van der Waals surface area contributed by atoms with E-state index in [0.717, 1.165) is 12.2 Å². The van der Waals surface area contributed by atoms with Crippen LogP contribution in [0.5, 0.6) is 0 Å². The number of likely N-dealkylation sites (N-methyl/N-ethyl adjacent to an activating group) is 1. The lowest BCUT2D eigenvalue weighted by Gasteiger charge is -2.27. The molecular weight excluding hydrogens is 212 g/mol. The monoisotopic (exact) mass is 226 g/mol. The summed E-state index contributed by atoms with van der Waals surface area (Å²) < 4.78 is 0. The third-order valence-electron chi connectivity index (χ3n) is 2.38. The first-order chi connectivity index (χ1) is 7.06. The van der Waals surface area contributed by atoms with Crippen molar-refractivity contribution in [3.05, 3.63) is 29.3 Å². The number of carbonyl (C=O) groups excluding carboxylic acids is 1. The molecule has 1 amide bonds. The zero-order valence-corrected chi connectivity index (χ0v) is 9.66. The van der Waals surface area contributed by atoms with Gasteiger partial charge in [-0.25, -0.2) is 0 Å². The number of nitrogens with two attached hydrogens (primary N) is 1. The third-order valence-corrected chi connectivity index (χ3v) is 2.63. The molecule has 4 heteroatoms. The maximum atomic E-state index is 11.1. The molecule has 0 heterocycles. The average molecular weight is 227 g/mol. The lowest BCUT2D eigenvalue weighted by molar-refractivity contribution is -0.118. The first-order valence-corrected chi connectivity index (χ1v) is 5.25. The van der Waals surface area contributed by atoms with Crippen molar-refractivity contribution in [1.29, 1.82) is 0 Å². The van der Waals surface area contributed by atoms with Crippen molar-refractivity contribution in [3.8, 4) is 0 Å². The Morgan fingerprint density at radius 2 is 2.00 bits per heavy atom. The number of benzene rings is 1. The summed E-state index contributed by atoms with van der Waals surface area (Å²) in [7, 11) is 0. The molecule has 0 aliphatic rings. The number of nitrogens with zero attached hydrogens (tertiary/aromatic N) is 1. The molecule has 1 rings (SSSR count). The summed E-state index contributed by atoms with van der Waals surface area (Å²) in [5, 5.41) is 0.682. The molecule has 0 saturated carbocycles. The smallest absolute Gasteiger partial charge is 0.239 e. The first kappa shape index (κ1) is 11.9. The zero-order valence-electron chi connectivity index (χ0n) is 8.90. The van der Waals surface area contributed by atoms with Crippen LogP contribution in [0.25, 0.3) is 0 Å². The molecule has 0 spiro atoms. The van der Waals surface area contributed by atoms with E-state index in [9.17, 15) is 4.79 Å². The second-order valence-corrected chi connectivity index (χ2v) is 3.78. The topological polar surface area (TPSA) is 46.3 Å². The highest BCUT2D eigenvalue weighted by atomic mass is 35.5. The number of primary amides is 1. The molecule has 82 valence electrons. The summed E-state index contributed by atoms with van der Waals surface area (Å²) in [5.74, 6) is -0.327. The van der Waals surface area contributed by atoms with Crippen molar-refractivity contribution in [2.75, 3.05) is 11.4 Å². The fraction of sp³-hybridized carbons (Fsp3) is 0.364. The lowest BCUT2D eigenvalue weighted by Crippen LogP contribution is -2.42. The van der Waals surface area contributed by atoms with Gasteiger partial charge in [0, 0.05) is 17.3 Å². The van der Waals surface area contributed by atoms with Crippen LogP contribution >= 0.6 is 11.6 Å². The van der Waals surface area contributed by atoms with Gasteiger partial charge in [0.15, 0.2) is 0 Å². The summed E-state index contributed by atoms with van der Waals surface area (Å²) in [6.45, 7) is 4.50. The van der Waals surface area contributed by atoms with Crippen LogP contribution in [-0.4, -0.2) is 18.5 Å². The summed E-state index contributed by atoms with van der Waals surface area (Å²) in [6, 6.07) is 7.05. The van der Waals surface area contributed by atoms with Gasteiger partial charge in [0.25, 0.3) is 0 Å². The van der Waals surface area contributed by atoms with E-state index in [0.29, 0.717) is 5.02 Å². The predicted octanol–water partition coefficient (Wildman–Crippen LogP) is 2.04. The first-order valence-electron chi connectivity index (χ1n) is 4.87. The number of hydrogen-bond donors (Lipinski definition) is 1. The van der Waals surface area contributed by atoms with Crippen LogP contribution < -0.4 is 10.6 Å². The normalized spacial score (nSPS) is 12.2. The SMILES string of the molecule is CCN(c1ccc(Cl)cc1)[C@@H](C)C(N)=O. The van der Waals surface area contributed by atoms with Gasteiger partial charge >= 0.3 is 0 Å². The third kappa shape index (κ3) is 2.86. The van der Waals surface area contributed by atoms with Crippen LogP contribution in [0, 0.1) is 0 Å². The summed E-state index contributed by atoms with van der Waals surface area (Å²) in [6.07, 6.45) is 0. The molecular formula is C11H15ClN2O. The highest BCUT2D eigenvalue weighted by molar-refractivity contribution is 6.30. The molecule has 0 aliphatic carbocycles. The van der Waals surface area contributed by atoms with Gasteiger partial charge in [0.2, 0.25) is 5.91 Å². The Bertz CT molecular complexity index is 337. The second-order valence-electron chi connectivity index (χ2n) is 3.34. The van der Waals surface area contributed by atoms with Crippen LogP contribution in [0.2, 0.25) is 5.02 Å². The maximum absolute atomic E-state index is 11.1. The molecule has 0 aliphatic heterocycles. The molecule has 0 fully saturated rings. The Morgan fingerprint density at radius 3 is 2.40 bits per heavy atom. The lowest BCUT2D eigenvalue weighted by atomic mass is 10.2.